The number of hydrogen-bond donors (Lipinski definition) is 1. The van der Waals surface area contributed by atoms with Crippen LogP contribution in [-0.4, -0.2) is 9.55 Å². The molecule has 21 heavy (non-hydrogen) atoms. The van der Waals surface area contributed by atoms with Crippen molar-refractivity contribution < 1.29 is 13.2 Å². The van der Waals surface area contributed by atoms with Crippen molar-refractivity contribution >= 4 is 32.9 Å². The predicted molar refractivity (Wildman–Crippen MR) is 78.2 cm³/mol. The number of benzene rings is 2. The zero-order valence-electron chi connectivity index (χ0n) is 10.5. The Labute approximate surface area is 126 Å². The van der Waals surface area contributed by atoms with Crippen molar-refractivity contribution in [2.24, 2.45) is 0 Å². The van der Waals surface area contributed by atoms with Crippen molar-refractivity contribution in [2.75, 3.05) is 5.73 Å². The van der Waals surface area contributed by atoms with E-state index < -0.39 is 11.7 Å². The molecule has 0 aliphatic heterocycles. The third-order valence-corrected chi connectivity index (χ3v) is 3.59. The van der Waals surface area contributed by atoms with Crippen molar-refractivity contribution in [2.45, 2.75) is 6.18 Å². The molecular formula is C14H9BrF3N3. The molecular weight excluding hydrogens is 347 g/mol. The highest BCUT2D eigenvalue weighted by Gasteiger charge is 2.34. The fraction of sp³-hybridized carbons (Fsp3) is 0.0714. The lowest BCUT2D eigenvalue weighted by Gasteiger charge is -2.14. The number of anilines is 1. The molecule has 0 fully saturated rings. The molecule has 1 aromatic heterocycles. The second-order valence-electron chi connectivity index (χ2n) is 4.45. The Bertz CT molecular complexity index is 824. The molecule has 0 aliphatic rings. The maximum atomic E-state index is 13.2. The zero-order valence-corrected chi connectivity index (χ0v) is 12.1. The van der Waals surface area contributed by atoms with E-state index in [-0.39, 0.29) is 11.6 Å². The van der Waals surface area contributed by atoms with Crippen LogP contribution in [0.1, 0.15) is 5.56 Å². The van der Waals surface area contributed by atoms with Crippen LogP contribution in [0.25, 0.3) is 16.7 Å². The first-order valence-electron chi connectivity index (χ1n) is 5.98. The number of nitrogens with two attached hydrogens (primary N) is 1. The Balaban J connectivity index is 2.36. The van der Waals surface area contributed by atoms with Gasteiger partial charge in [-0.1, -0.05) is 28.1 Å². The van der Waals surface area contributed by atoms with E-state index in [9.17, 15) is 13.2 Å². The minimum absolute atomic E-state index is 0.0137. The van der Waals surface area contributed by atoms with Gasteiger partial charge in [-0.2, -0.15) is 13.2 Å². The molecule has 0 aliphatic carbocycles. The number of alkyl halides is 3. The fourth-order valence-corrected chi connectivity index (χ4v) is 2.58. The van der Waals surface area contributed by atoms with Crippen LogP contribution in [0.3, 0.4) is 0 Å². The van der Waals surface area contributed by atoms with Crippen molar-refractivity contribution in [1.82, 2.24) is 9.55 Å². The number of nitrogens with zero attached hydrogens (tertiary/aromatic N) is 2. The summed E-state index contributed by atoms with van der Waals surface area (Å²) in [6.07, 6.45) is -4.47. The predicted octanol–water partition coefficient (Wildman–Crippen LogP) is 4.39. The summed E-state index contributed by atoms with van der Waals surface area (Å²) >= 11 is 3.30. The van der Waals surface area contributed by atoms with E-state index in [1.165, 1.54) is 22.8 Å². The number of fused-ring (bicyclic) bond motifs is 1. The van der Waals surface area contributed by atoms with E-state index in [1.54, 1.807) is 18.2 Å². The number of hydrogen-bond acceptors (Lipinski definition) is 2. The van der Waals surface area contributed by atoms with E-state index in [0.717, 1.165) is 10.5 Å². The monoisotopic (exact) mass is 355 g/mol. The largest absolute Gasteiger partial charge is 0.418 e. The van der Waals surface area contributed by atoms with Crippen LogP contribution < -0.4 is 5.73 Å². The van der Waals surface area contributed by atoms with E-state index in [4.69, 9.17) is 5.73 Å². The number of halogens is 4. The Morgan fingerprint density at radius 1 is 1.10 bits per heavy atom. The van der Waals surface area contributed by atoms with Crippen molar-refractivity contribution in [3.63, 3.8) is 0 Å². The van der Waals surface area contributed by atoms with Gasteiger partial charge in [-0.3, -0.25) is 4.57 Å². The van der Waals surface area contributed by atoms with Gasteiger partial charge in [0, 0.05) is 4.47 Å². The normalized spacial score (nSPS) is 12.0. The Morgan fingerprint density at radius 2 is 1.81 bits per heavy atom. The summed E-state index contributed by atoms with van der Waals surface area (Å²) in [6, 6.07) is 10.4. The van der Waals surface area contributed by atoms with E-state index in [0.29, 0.717) is 11.0 Å². The minimum Gasteiger partial charge on any atom is -0.369 e. The number of para-hydroxylation sites is 1. The maximum absolute atomic E-state index is 13.2. The number of rotatable bonds is 1. The van der Waals surface area contributed by atoms with Gasteiger partial charge in [0.2, 0.25) is 5.95 Å². The van der Waals surface area contributed by atoms with Crippen LogP contribution in [0.15, 0.2) is 46.9 Å². The van der Waals surface area contributed by atoms with E-state index in [2.05, 4.69) is 20.9 Å². The van der Waals surface area contributed by atoms with E-state index >= 15 is 0 Å². The summed E-state index contributed by atoms with van der Waals surface area (Å²) in [4.78, 5) is 4.11. The second-order valence-corrected chi connectivity index (χ2v) is 5.37. The van der Waals surface area contributed by atoms with Gasteiger partial charge >= 0.3 is 6.18 Å². The third kappa shape index (κ3) is 2.37. The molecule has 7 heteroatoms. The summed E-state index contributed by atoms with van der Waals surface area (Å²) < 4.78 is 41.5. The second kappa shape index (κ2) is 4.77. The van der Waals surface area contributed by atoms with E-state index in [1.807, 2.05) is 0 Å². The highest BCUT2D eigenvalue weighted by Crippen LogP contribution is 2.36. The average molecular weight is 356 g/mol. The highest BCUT2D eigenvalue weighted by atomic mass is 79.9. The van der Waals surface area contributed by atoms with Gasteiger partial charge < -0.3 is 5.73 Å². The molecule has 0 amide bonds. The number of nitrogen functional groups attached to an aromatic ring is 1. The van der Waals surface area contributed by atoms with Crippen molar-refractivity contribution in [1.29, 1.82) is 0 Å². The SMILES string of the molecule is Nc1nc2ccc(Br)cc2n1-c1ccccc1C(F)(F)F. The number of imidazole rings is 1. The molecule has 1 heterocycles. The lowest BCUT2D eigenvalue weighted by Crippen LogP contribution is -2.12. The Morgan fingerprint density at radius 3 is 2.52 bits per heavy atom. The molecule has 0 bridgehead atoms. The Hall–Kier alpha value is -2.02. The summed E-state index contributed by atoms with van der Waals surface area (Å²) in [5.74, 6) is 0.0137. The standard InChI is InChI=1S/C14H9BrF3N3/c15-8-5-6-10-12(7-8)21(13(19)20-10)11-4-2-1-3-9(11)14(16,17)18/h1-7H,(H2,19,20). The summed E-state index contributed by atoms with van der Waals surface area (Å²) in [7, 11) is 0. The molecule has 3 aromatic rings. The van der Waals surface area contributed by atoms with Crippen LogP contribution in [0.2, 0.25) is 0 Å². The van der Waals surface area contributed by atoms with Crippen LogP contribution in [0.4, 0.5) is 19.1 Å². The topological polar surface area (TPSA) is 43.8 Å². The van der Waals surface area contributed by atoms with Crippen LogP contribution in [0, 0.1) is 0 Å². The van der Waals surface area contributed by atoms with Crippen molar-refractivity contribution in [3.05, 3.63) is 52.5 Å². The molecule has 0 saturated heterocycles. The first-order chi connectivity index (χ1) is 9.88. The van der Waals surface area contributed by atoms with Gasteiger partial charge in [-0.25, -0.2) is 4.98 Å². The molecule has 0 spiro atoms. The molecule has 108 valence electrons. The maximum Gasteiger partial charge on any atom is 0.418 e. The molecule has 0 radical (unpaired) electrons. The van der Waals surface area contributed by atoms with Crippen LogP contribution in [0.5, 0.6) is 0 Å². The Kier molecular flexibility index (Phi) is 3.16. The molecule has 2 N–H and O–H groups in total. The first-order valence-corrected chi connectivity index (χ1v) is 6.77. The minimum atomic E-state index is -4.47. The van der Waals surface area contributed by atoms with Gasteiger partial charge in [-0.05, 0) is 30.3 Å². The lowest BCUT2D eigenvalue weighted by atomic mass is 10.1. The summed E-state index contributed by atoms with van der Waals surface area (Å²) in [5.41, 5.74) is 6.07. The fourth-order valence-electron chi connectivity index (χ4n) is 2.23. The highest BCUT2D eigenvalue weighted by molar-refractivity contribution is 9.10. The lowest BCUT2D eigenvalue weighted by molar-refractivity contribution is -0.137. The number of aromatic nitrogens is 2. The summed E-state index contributed by atoms with van der Waals surface area (Å²) in [6.45, 7) is 0. The van der Waals surface area contributed by atoms with Gasteiger partial charge in [0.15, 0.2) is 0 Å². The van der Waals surface area contributed by atoms with Crippen LogP contribution in [-0.2, 0) is 6.18 Å². The quantitative estimate of drug-likeness (QED) is 0.703. The molecule has 0 atom stereocenters. The summed E-state index contributed by atoms with van der Waals surface area (Å²) in [5, 5.41) is 0. The first kappa shape index (κ1) is 13.9. The van der Waals surface area contributed by atoms with Crippen molar-refractivity contribution in [3.8, 4) is 5.69 Å². The molecule has 3 rings (SSSR count). The van der Waals surface area contributed by atoms with Gasteiger partial charge in [0.25, 0.3) is 0 Å². The molecule has 3 nitrogen and oxygen atoms in total. The average Bonchev–Trinajstić information content (AvgIpc) is 2.73. The van der Waals surface area contributed by atoms with Gasteiger partial charge in [0.1, 0.15) is 0 Å². The van der Waals surface area contributed by atoms with Gasteiger partial charge in [0.05, 0.1) is 22.3 Å². The molecule has 0 unspecified atom stereocenters. The molecule has 2 aromatic carbocycles. The third-order valence-electron chi connectivity index (χ3n) is 3.09. The zero-order chi connectivity index (χ0) is 15.2. The van der Waals surface area contributed by atoms with Gasteiger partial charge in [-0.15, -0.1) is 0 Å². The smallest absolute Gasteiger partial charge is 0.369 e. The molecule has 0 saturated carbocycles. The van der Waals surface area contributed by atoms with Crippen LogP contribution >= 0.6 is 15.9 Å².